The minimum Gasteiger partial charge on any atom is -0.323 e. The van der Waals surface area contributed by atoms with E-state index in [9.17, 15) is 24.5 Å². The molecule has 1 aliphatic rings. The maximum absolute atomic E-state index is 12.5. The Morgan fingerprint density at radius 3 is 2.59 bits per heavy atom. The minimum absolute atomic E-state index is 0.00272. The van der Waals surface area contributed by atoms with E-state index in [1.54, 1.807) is 24.3 Å². The van der Waals surface area contributed by atoms with Gasteiger partial charge in [-0.3, -0.25) is 29.4 Å². The van der Waals surface area contributed by atoms with Crippen LogP contribution >= 0.6 is 35.0 Å². The maximum atomic E-state index is 12.5. The third kappa shape index (κ3) is 4.76. The molecule has 29 heavy (non-hydrogen) atoms. The highest BCUT2D eigenvalue weighted by Gasteiger charge is 2.36. The third-order valence-corrected chi connectivity index (χ3v) is 5.38. The van der Waals surface area contributed by atoms with Crippen LogP contribution in [0.5, 0.6) is 0 Å². The Hall–Kier alpha value is -2.88. The van der Waals surface area contributed by atoms with E-state index in [4.69, 9.17) is 23.2 Å². The lowest BCUT2D eigenvalue weighted by Crippen LogP contribution is -2.36. The number of nitrogens with zero attached hydrogens (tertiary/aromatic N) is 2. The highest BCUT2D eigenvalue weighted by Crippen LogP contribution is 2.34. The number of amides is 3. The molecular formula is C18H11Cl2N3O5S. The highest BCUT2D eigenvalue weighted by atomic mass is 35.5. The van der Waals surface area contributed by atoms with E-state index in [2.05, 4.69) is 5.32 Å². The molecule has 0 spiro atoms. The molecule has 1 aliphatic heterocycles. The molecule has 11 heteroatoms. The topological polar surface area (TPSA) is 110 Å². The zero-order valence-corrected chi connectivity index (χ0v) is 16.8. The zero-order chi connectivity index (χ0) is 21.1. The maximum Gasteiger partial charge on any atom is 0.294 e. The number of rotatable bonds is 5. The van der Waals surface area contributed by atoms with Crippen LogP contribution in [0.25, 0.3) is 6.08 Å². The van der Waals surface area contributed by atoms with Crippen LogP contribution in [0.1, 0.15) is 5.56 Å². The first-order valence-electron chi connectivity index (χ1n) is 8.00. The van der Waals surface area contributed by atoms with Gasteiger partial charge in [0.1, 0.15) is 6.54 Å². The summed E-state index contributed by atoms with van der Waals surface area (Å²) in [5.74, 6) is -1.30. The molecule has 0 saturated carbocycles. The molecule has 1 saturated heterocycles. The zero-order valence-electron chi connectivity index (χ0n) is 14.4. The van der Waals surface area contributed by atoms with Crippen molar-refractivity contribution in [1.82, 2.24) is 4.90 Å². The van der Waals surface area contributed by atoms with Crippen molar-refractivity contribution in [2.24, 2.45) is 0 Å². The Morgan fingerprint density at radius 1 is 1.17 bits per heavy atom. The van der Waals surface area contributed by atoms with Gasteiger partial charge in [-0.15, -0.1) is 0 Å². The van der Waals surface area contributed by atoms with Gasteiger partial charge >= 0.3 is 0 Å². The standard InChI is InChI=1S/C18H11Cl2N3O5S/c19-12-6-5-11(23(27)28)7-10(12)8-15-17(25)22(18(26)29-15)9-16(24)21-14-4-2-1-3-13(14)20/h1-8H,9H2,(H,21,24)/b15-8+. The minimum atomic E-state index is -0.697. The summed E-state index contributed by atoms with van der Waals surface area (Å²) in [6.07, 6.45) is 1.28. The molecule has 1 heterocycles. The molecule has 148 valence electrons. The fourth-order valence-corrected chi connectivity index (χ4v) is 3.61. The number of carbonyl (C=O) groups excluding carboxylic acids is 3. The molecule has 0 unspecified atom stereocenters. The van der Waals surface area contributed by atoms with Gasteiger partial charge in [-0.25, -0.2) is 0 Å². The SMILES string of the molecule is O=C(CN1C(=O)S/C(=C/c2cc([N+](=O)[O-])ccc2Cl)C1=O)Nc1ccccc1Cl. The van der Waals surface area contributed by atoms with Crippen molar-refractivity contribution in [2.75, 3.05) is 11.9 Å². The summed E-state index contributed by atoms with van der Waals surface area (Å²) in [6.45, 7) is -0.504. The number of thioether (sulfide) groups is 1. The molecule has 1 fully saturated rings. The van der Waals surface area contributed by atoms with Crippen molar-refractivity contribution in [3.63, 3.8) is 0 Å². The van der Waals surface area contributed by atoms with Crippen LogP contribution in [-0.4, -0.2) is 33.4 Å². The Bertz CT molecular complexity index is 1070. The van der Waals surface area contributed by atoms with Gasteiger partial charge in [-0.1, -0.05) is 35.3 Å². The molecule has 0 aromatic heterocycles. The van der Waals surface area contributed by atoms with Crippen molar-refractivity contribution >= 4 is 69.5 Å². The van der Waals surface area contributed by atoms with Gasteiger partial charge in [-0.05, 0) is 36.0 Å². The predicted molar refractivity (Wildman–Crippen MR) is 111 cm³/mol. The van der Waals surface area contributed by atoms with Crippen molar-refractivity contribution in [3.05, 3.63) is 73.1 Å². The average Bonchev–Trinajstić information content (AvgIpc) is 2.92. The van der Waals surface area contributed by atoms with Crippen molar-refractivity contribution in [2.45, 2.75) is 0 Å². The molecule has 0 atom stereocenters. The van der Waals surface area contributed by atoms with Gasteiger partial charge in [0.25, 0.3) is 16.8 Å². The number of nitrogens with one attached hydrogen (secondary N) is 1. The van der Waals surface area contributed by atoms with Crippen molar-refractivity contribution in [1.29, 1.82) is 0 Å². The molecule has 0 aliphatic carbocycles. The van der Waals surface area contributed by atoms with Crippen LogP contribution < -0.4 is 5.32 Å². The highest BCUT2D eigenvalue weighted by molar-refractivity contribution is 8.18. The number of carbonyl (C=O) groups is 3. The average molecular weight is 452 g/mol. The number of imide groups is 1. The van der Waals surface area contributed by atoms with Gasteiger partial charge in [0.15, 0.2) is 0 Å². The molecule has 3 rings (SSSR count). The van der Waals surface area contributed by atoms with E-state index in [0.717, 1.165) is 4.90 Å². The van der Waals surface area contributed by atoms with E-state index in [1.807, 2.05) is 0 Å². The lowest BCUT2D eigenvalue weighted by Gasteiger charge is -2.13. The quantitative estimate of drug-likeness (QED) is 0.404. The molecule has 2 aromatic rings. The Balaban J connectivity index is 1.77. The predicted octanol–water partition coefficient (Wildman–Crippen LogP) is 4.58. The number of hydrogen-bond donors (Lipinski definition) is 1. The number of para-hydroxylation sites is 1. The fourth-order valence-electron chi connectivity index (χ4n) is 2.43. The van der Waals surface area contributed by atoms with E-state index < -0.39 is 28.5 Å². The van der Waals surface area contributed by atoms with Crippen LogP contribution in [-0.2, 0) is 9.59 Å². The second-order valence-corrected chi connectivity index (χ2v) is 7.57. The Morgan fingerprint density at radius 2 is 1.90 bits per heavy atom. The number of benzene rings is 2. The molecule has 8 nitrogen and oxygen atoms in total. The van der Waals surface area contributed by atoms with E-state index in [-0.39, 0.29) is 21.2 Å². The number of nitro groups is 1. The Kier molecular flexibility index (Phi) is 6.21. The normalized spacial score (nSPS) is 15.1. The first-order valence-corrected chi connectivity index (χ1v) is 9.57. The van der Waals surface area contributed by atoms with Crippen LogP contribution in [0.4, 0.5) is 16.2 Å². The number of halogens is 2. The molecule has 1 N–H and O–H groups in total. The van der Waals surface area contributed by atoms with Crippen molar-refractivity contribution < 1.29 is 19.3 Å². The molecular weight excluding hydrogens is 441 g/mol. The summed E-state index contributed by atoms with van der Waals surface area (Å²) >= 11 is 12.6. The summed E-state index contributed by atoms with van der Waals surface area (Å²) in [6, 6.07) is 10.3. The van der Waals surface area contributed by atoms with Crippen LogP contribution in [0, 0.1) is 10.1 Å². The van der Waals surface area contributed by atoms with Crippen LogP contribution in [0.3, 0.4) is 0 Å². The lowest BCUT2D eigenvalue weighted by molar-refractivity contribution is -0.384. The molecule has 2 aromatic carbocycles. The monoisotopic (exact) mass is 451 g/mol. The smallest absolute Gasteiger partial charge is 0.294 e. The fraction of sp³-hybridized carbons (Fsp3) is 0.0556. The molecule has 3 amide bonds. The van der Waals surface area contributed by atoms with E-state index in [0.29, 0.717) is 22.5 Å². The second-order valence-electron chi connectivity index (χ2n) is 5.76. The van der Waals surface area contributed by atoms with Gasteiger partial charge in [0.05, 0.1) is 20.5 Å². The summed E-state index contributed by atoms with van der Waals surface area (Å²) in [7, 11) is 0. The summed E-state index contributed by atoms with van der Waals surface area (Å²) in [5.41, 5.74) is 0.357. The summed E-state index contributed by atoms with van der Waals surface area (Å²) < 4.78 is 0. The van der Waals surface area contributed by atoms with Gasteiger partial charge in [-0.2, -0.15) is 0 Å². The second kappa shape index (κ2) is 8.64. The number of anilines is 1. The molecule has 0 bridgehead atoms. The van der Waals surface area contributed by atoms with Crippen molar-refractivity contribution in [3.8, 4) is 0 Å². The molecule has 0 radical (unpaired) electrons. The third-order valence-electron chi connectivity index (χ3n) is 3.80. The van der Waals surface area contributed by atoms with E-state index in [1.165, 1.54) is 24.3 Å². The van der Waals surface area contributed by atoms with Gasteiger partial charge < -0.3 is 5.32 Å². The van der Waals surface area contributed by atoms with Gasteiger partial charge in [0, 0.05) is 22.7 Å². The van der Waals surface area contributed by atoms with Crippen LogP contribution in [0.2, 0.25) is 10.0 Å². The first kappa shape index (κ1) is 20.8. The first-order chi connectivity index (χ1) is 13.8. The summed E-state index contributed by atoms with van der Waals surface area (Å²) in [4.78, 5) is 48.0. The number of non-ortho nitro benzene ring substituents is 1. The van der Waals surface area contributed by atoms with Gasteiger partial charge in [0.2, 0.25) is 5.91 Å². The number of hydrogen-bond acceptors (Lipinski definition) is 6. The number of nitro benzene ring substituents is 1. The Labute approximate surface area is 178 Å². The summed E-state index contributed by atoms with van der Waals surface area (Å²) in [5, 5.41) is 13.3. The van der Waals surface area contributed by atoms with Crippen LogP contribution in [0.15, 0.2) is 47.4 Å². The van der Waals surface area contributed by atoms with E-state index >= 15 is 0 Å². The largest absolute Gasteiger partial charge is 0.323 e. The lowest BCUT2D eigenvalue weighted by atomic mass is 10.2.